The third-order valence-electron chi connectivity index (χ3n) is 5.17. The largest absolute Gasteiger partial charge is 0.374 e. The smallest absolute Gasteiger partial charge is 0.0839 e. The molecule has 0 spiro atoms. The predicted molar refractivity (Wildman–Crippen MR) is 80.7 cm³/mol. The van der Waals surface area contributed by atoms with Crippen LogP contribution < -0.4 is 5.73 Å². The predicted octanol–water partition coefficient (Wildman–Crippen LogP) is 3.18. The summed E-state index contributed by atoms with van der Waals surface area (Å²) in [6.45, 7) is 2.85. The number of rotatable bonds is 4. The van der Waals surface area contributed by atoms with E-state index in [0.717, 1.165) is 32.3 Å². The molecule has 0 bridgehead atoms. The normalized spacial score (nSPS) is 26.2. The molecule has 2 unspecified atom stereocenters. The van der Waals surface area contributed by atoms with E-state index >= 15 is 0 Å². The summed E-state index contributed by atoms with van der Waals surface area (Å²) >= 11 is 0. The van der Waals surface area contributed by atoms with E-state index in [1.165, 1.54) is 30.5 Å². The molecule has 3 heteroatoms. The molecule has 1 aromatic rings. The van der Waals surface area contributed by atoms with Gasteiger partial charge < -0.3 is 10.5 Å². The molecule has 2 atom stereocenters. The van der Waals surface area contributed by atoms with Gasteiger partial charge in [0.25, 0.3) is 0 Å². The van der Waals surface area contributed by atoms with E-state index in [9.17, 15) is 0 Å². The van der Waals surface area contributed by atoms with Gasteiger partial charge in [0.1, 0.15) is 0 Å². The molecule has 0 saturated heterocycles. The van der Waals surface area contributed by atoms with E-state index < -0.39 is 0 Å². The molecule has 0 aromatic carbocycles. The summed E-state index contributed by atoms with van der Waals surface area (Å²) in [5, 5.41) is 0. The van der Waals surface area contributed by atoms with Gasteiger partial charge >= 0.3 is 0 Å². The molecular weight excluding hydrogens is 248 g/mol. The van der Waals surface area contributed by atoms with Gasteiger partial charge in [-0.25, -0.2) is 0 Å². The number of hydrogen-bond donors (Lipinski definition) is 1. The van der Waals surface area contributed by atoms with Crippen molar-refractivity contribution in [2.45, 2.75) is 69.4 Å². The van der Waals surface area contributed by atoms with Gasteiger partial charge in [0, 0.05) is 30.5 Å². The molecule has 0 radical (unpaired) electrons. The second-order valence-corrected chi connectivity index (χ2v) is 6.28. The first-order valence-electron chi connectivity index (χ1n) is 8.10. The molecule has 1 heterocycles. The minimum Gasteiger partial charge on any atom is -0.374 e. The zero-order valence-electron chi connectivity index (χ0n) is 12.5. The first-order valence-corrected chi connectivity index (χ1v) is 8.10. The summed E-state index contributed by atoms with van der Waals surface area (Å²) < 4.78 is 6.21. The molecule has 2 aliphatic rings. The summed E-state index contributed by atoms with van der Waals surface area (Å²) in [7, 11) is 0. The third kappa shape index (κ3) is 2.38. The van der Waals surface area contributed by atoms with Crippen molar-refractivity contribution in [2.24, 2.45) is 5.73 Å². The van der Waals surface area contributed by atoms with Crippen LogP contribution in [0.15, 0.2) is 18.3 Å². The number of nitrogens with two attached hydrogens (primary N) is 1. The average molecular weight is 274 g/mol. The van der Waals surface area contributed by atoms with E-state index in [1.54, 1.807) is 0 Å². The van der Waals surface area contributed by atoms with Gasteiger partial charge in [-0.1, -0.05) is 25.3 Å². The van der Waals surface area contributed by atoms with E-state index in [-0.39, 0.29) is 11.6 Å². The maximum Gasteiger partial charge on any atom is 0.0839 e. The van der Waals surface area contributed by atoms with Crippen LogP contribution in [0.4, 0.5) is 0 Å². The Morgan fingerprint density at radius 1 is 1.40 bits per heavy atom. The molecular formula is C17H26N2O. The Balaban J connectivity index is 1.85. The van der Waals surface area contributed by atoms with Crippen LogP contribution in [-0.2, 0) is 11.2 Å². The fourth-order valence-electron chi connectivity index (χ4n) is 4.17. The second-order valence-electron chi connectivity index (χ2n) is 6.28. The van der Waals surface area contributed by atoms with Crippen LogP contribution in [-0.4, -0.2) is 23.2 Å². The second kappa shape index (κ2) is 5.82. The number of fused-ring (bicyclic) bond motifs is 1. The Hall–Kier alpha value is -0.930. The lowest BCUT2D eigenvalue weighted by atomic mass is 9.74. The first kappa shape index (κ1) is 14.0. The van der Waals surface area contributed by atoms with Crippen LogP contribution in [0.3, 0.4) is 0 Å². The topological polar surface area (TPSA) is 48.1 Å². The molecule has 0 aliphatic heterocycles. The molecule has 0 amide bonds. The number of pyridine rings is 1. The highest BCUT2D eigenvalue weighted by Gasteiger charge is 2.44. The minimum absolute atomic E-state index is 0.0823. The van der Waals surface area contributed by atoms with Crippen molar-refractivity contribution in [1.29, 1.82) is 0 Å². The quantitative estimate of drug-likeness (QED) is 0.917. The molecule has 3 nitrogen and oxygen atoms in total. The maximum absolute atomic E-state index is 6.72. The molecule has 1 saturated carbocycles. The minimum atomic E-state index is -0.114. The van der Waals surface area contributed by atoms with Crippen LogP contribution >= 0.6 is 0 Å². The Bertz CT molecular complexity index is 449. The van der Waals surface area contributed by atoms with Gasteiger partial charge in [-0.05, 0) is 44.2 Å². The number of ether oxygens (including phenoxy) is 1. The lowest BCUT2D eigenvalue weighted by molar-refractivity contribution is -0.0872. The van der Waals surface area contributed by atoms with E-state index in [2.05, 4.69) is 18.0 Å². The highest BCUT2D eigenvalue weighted by atomic mass is 16.5. The molecule has 2 N–H and O–H groups in total. The summed E-state index contributed by atoms with van der Waals surface area (Å²) in [6, 6.07) is 4.31. The molecule has 2 aliphatic carbocycles. The zero-order valence-corrected chi connectivity index (χ0v) is 12.5. The number of nitrogens with zero attached hydrogens (tertiary/aromatic N) is 1. The van der Waals surface area contributed by atoms with Crippen LogP contribution in [0, 0.1) is 0 Å². The SMILES string of the molecule is CCOC1(C(N)C2CCc3cccnc32)CCCCC1. The molecule has 1 aromatic heterocycles. The van der Waals surface area contributed by atoms with E-state index in [4.69, 9.17) is 10.5 Å². The highest BCUT2D eigenvalue weighted by Crippen LogP contribution is 2.43. The number of hydrogen-bond acceptors (Lipinski definition) is 3. The van der Waals surface area contributed by atoms with E-state index in [1.807, 2.05) is 12.3 Å². The lowest BCUT2D eigenvalue weighted by Gasteiger charge is -2.44. The Labute approximate surface area is 121 Å². The molecule has 110 valence electrons. The number of aromatic nitrogens is 1. The Morgan fingerprint density at radius 2 is 2.20 bits per heavy atom. The fourth-order valence-corrected chi connectivity index (χ4v) is 4.17. The Kier molecular flexibility index (Phi) is 4.08. The lowest BCUT2D eigenvalue weighted by Crippen LogP contribution is -2.54. The van der Waals surface area contributed by atoms with Crippen molar-refractivity contribution in [3.63, 3.8) is 0 Å². The van der Waals surface area contributed by atoms with Crippen molar-refractivity contribution >= 4 is 0 Å². The van der Waals surface area contributed by atoms with Crippen molar-refractivity contribution < 1.29 is 4.74 Å². The zero-order chi connectivity index (χ0) is 14.0. The van der Waals surface area contributed by atoms with Crippen LogP contribution in [0.25, 0.3) is 0 Å². The van der Waals surface area contributed by atoms with Crippen molar-refractivity contribution in [2.75, 3.05) is 6.61 Å². The monoisotopic (exact) mass is 274 g/mol. The van der Waals surface area contributed by atoms with Gasteiger partial charge in [0.2, 0.25) is 0 Å². The van der Waals surface area contributed by atoms with Gasteiger partial charge in [-0.3, -0.25) is 4.98 Å². The third-order valence-corrected chi connectivity index (χ3v) is 5.17. The molecule has 3 rings (SSSR count). The first-order chi connectivity index (χ1) is 9.77. The van der Waals surface area contributed by atoms with Gasteiger partial charge in [-0.2, -0.15) is 0 Å². The maximum atomic E-state index is 6.72. The van der Waals surface area contributed by atoms with Crippen LogP contribution in [0.1, 0.15) is 62.6 Å². The van der Waals surface area contributed by atoms with Gasteiger partial charge in [-0.15, -0.1) is 0 Å². The van der Waals surface area contributed by atoms with Crippen molar-refractivity contribution in [3.8, 4) is 0 Å². The van der Waals surface area contributed by atoms with Gasteiger partial charge in [0.15, 0.2) is 0 Å². The highest BCUT2D eigenvalue weighted by molar-refractivity contribution is 5.31. The average Bonchev–Trinajstić information content (AvgIpc) is 2.91. The fraction of sp³-hybridized carbons (Fsp3) is 0.706. The van der Waals surface area contributed by atoms with E-state index in [0.29, 0.717) is 5.92 Å². The summed E-state index contributed by atoms with van der Waals surface area (Å²) in [5.74, 6) is 0.371. The molecule has 1 fully saturated rings. The Morgan fingerprint density at radius 3 is 2.95 bits per heavy atom. The molecule has 20 heavy (non-hydrogen) atoms. The number of aryl methyl sites for hydroxylation is 1. The summed E-state index contributed by atoms with van der Waals surface area (Å²) in [4.78, 5) is 4.61. The van der Waals surface area contributed by atoms with Crippen LogP contribution in [0.2, 0.25) is 0 Å². The van der Waals surface area contributed by atoms with Crippen molar-refractivity contribution in [3.05, 3.63) is 29.6 Å². The standard InChI is InChI=1S/C17H26N2O/c1-2-20-17(10-4-3-5-11-17)16(18)14-9-8-13-7-6-12-19-15(13)14/h6-7,12,14,16H,2-5,8-11,18H2,1H3. The van der Waals surface area contributed by atoms with Crippen molar-refractivity contribution in [1.82, 2.24) is 4.98 Å². The summed E-state index contributed by atoms with van der Waals surface area (Å²) in [6.07, 6.45) is 10.2. The van der Waals surface area contributed by atoms with Gasteiger partial charge in [0.05, 0.1) is 5.60 Å². The summed E-state index contributed by atoms with van der Waals surface area (Å²) in [5.41, 5.74) is 9.22. The van der Waals surface area contributed by atoms with Crippen LogP contribution in [0.5, 0.6) is 0 Å².